The molecule has 1 fully saturated rings. The minimum atomic E-state index is 0.138. The fourth-order valence-electron chi connectivity index (χ4n) is 2.65. The van der Waals surface area contributed by atoms with Gasteiger partial charge < -0.3 is 5.32 Å². The summed E-state index contributed by atoms with van der Waals surface area (Å²) in [5.41, 5.74) is 2.26. The minimum Gasteiger partial charge on any atom is -0.314 e. The van der Waals surface area contributed by atoms with E-state index in [4.69, 9.17) is 11.6 Å². The van der Waals surface area contributed by atoms with E-state index in [-0.39, 0.29) is 6.04 Å². The fraction of sp³-hybridized carbons (Fsp3) is 0.263. The van der Waals surface area contributed by atoms with E-state index in [1.54, 1.807) is 0 Å². The monoisotopic (exact) mass is 310 g/mol. The molecule has 0 radical (unpaired) electrons. The van der Waals surface area contributed by atoms with E-state index in [9.17, 15) is 0 Å². The van der Waals surface area contributed by atoms with E-state index >= 15 is 0 Å². The highest BCUT2D eigenvalue weighted by Crippen LogP contribution is 2.20. The third kappa shape index (κ3) is 3.90. The molecule has 22 heavy (non-hydrogen) atoms. The van der Waals surface area contributed by atoms with Gasteiger partial charge >= 0.3 is 0 Å². The van der Waals surface area contributed by atoms with Crippen LogP contribution in [0.15, 0.2) is 54.6 Å². The second-order valence-electron chi connectivity index (χ2n) is 5.38. The molecule has 1 aliphatic rings. The van der Waals surface area contributed by atoms with Gasteiger partial charge in [-0.3, -0.25) is 4.90 Å². The molecule has 2 aromatic carbocycles. The van der Waals surface area contributed by atoms with E-state index in [2.05, 4.69) is 46.3 Å². The molecule has 2 nitrogen and oxygen atoms in total. The Hall–Kier alpha value is -1.79. The first kappa shape index (κ1) is 15.1. The minimum absolute atomic E-state index is 0.138. The lowest BCUT2D eigenvalue weighted by Crippen LogP contribution is -2.44. The Bertz CT molecular complexity index is 649. The Morgan fingerprint density at radius 2 is 1.64 bits per heavy atom. The van der Waals surface area contributed by atoms with Gasteiger partial charge in [-0.05, 0) is 29.8 Å². The molecule has 0 saturated carbocycles. The van der Waals surface area contributed by atoms with Crippen LogP contribution in [0.1, 0.15) is 17.2 Å². The van der Waals surface area contributed by atoms with E-state index in [1.165, 1.54) is 5.56 Å². The van der Waals surface area contributed by atoms with Crippen LogP contribution in [0.25, 0.3) is 0 Å². The summed E-state index contributed by atoms with van der Waals surface area (Å²) in [6, 6.07) is 18.4. The molecule has 0 aliphatic carbocycles. The zero-order valence-corrected chi connectivity index (χ0v) is 13.2. The second kappa shape index (κ2) is 7.47. The lowest BCUT2D eigenvalue weighted by atomic mass is 10.0. The quantitative estimate of drug-likeness (QED) is 0.856. The van der Waals surface area contributed by atoms with Gasteiger partial charge in [0, 0.05) is 36.8 Å². The standard InChI is InChI=1S/C19H19ClN2/c20-18-9-6-16(7-10-18)8-11-19(17-4-2-1-3-5-17)22-14-12-21-13-15-22/h1-7,9-10,19,21H,12-15H2. The van der Waals surface area contributed by atoms with Crippen LogP contribution in [0.4, 0.5) is 0 Å². The summed E-state index contributed by atoms with van der Waals surface area (Å²) in [5, 5.41) is 4.14. The van der Waals surface area contributed by atoms with Crippen molar-refractivity contribution in [3.8, 4) is 11.8 Å². The van der Waals surface area contributed by atoms with Crippen LogP contribution >= 0.6 is 11.6 Å². The van der Waals surface area contributed by atoms with Gasteiger partial charge in [-0.1, -0.05) is 53.8 Å². The molecule has 1 N–H and O–H groups in total. The summed E-state index contributed by atoms with van der Waals surface area (Å²) in [4.78, 5) is 2.44. The maximum Gasteiger partial charge on any atom is 0.0975 e. The zero-order valence-electron chi connectivity index (χ0n) is 12.4. The van der Waals surface area contributed by atoms with Gasteiger partial charge in [0.2, 0.25) is 0 Å². The molecular formula is C19H19ClN2. The lowest BCUT2D eigenvalue weighted by Gasteiger charge is -2.32. The number of nitrogens with zero attached hydrogens (tertiary/aromatic N) is 1. The van der Waals surface area contributed by atoms with Gasteiger partial charge in [0.05, 0.1) is 6.04 Å². The first-order valence-electron chi connectivity index (χ1n) is 7.60. The molecule has 3 rings (SSSR count). The molecule has 1 unspecified atom stereocenters. The third-order valence-electron chi connectivity index (χ3n) is 3.83. The normalized spacial score (nSPS) is 16.6. The summed E-state index contributed by atoms with van der Waals surface area (Å²) < 4.78 is 0. The molecule has 1 aliphatic heterocycles. The Kier molecular flexibility index (Phi) is 5.13. The van der Waals surface area contributed by atoms with Gasteiger partial charge in [-0.2, -0.15) is 0 Å². The molecule has 0 spiro atoms. The number of hydrogen-bond acceptors (Lipinski definition) is 2. The van der Waals surface area contributed by atoms with Gasteiger partial charge in [-0.25, -0.2) is 0 Å². The van der Waals surface area contributed by atoms with Crippen LogP contribution in [0, 0.1) is 11.8 Å². The van der Waals surface area contributed by atoms with Crippen LogP contribution in [0.3, 0.4) is 0 Å². The number of nitrogens with one attached hydrogen (secondary N) is 1. The molecule has 2 aromatic rings. The van der Waals surface area contributed by atoms with Crippen molar-refractivity contribution in [2.24, 2.45) is 0 Å². The topological polar surface area (TPSA) is 15.3 Å². The van der Waals surface area contributed by atoms with E-state index in [0.717, 1.165) is 36.8 Å². The predicted molar refractivity (Wildman–Crippen MR) is 92.0 cm³/mol. The Morgan fingerprint density at radius 1 is 0.955 bits per heavy atom. The van der Waals surface area contributed by atoms with Crippen molar-refractivity contribution in [1.29, 1.82) is 0 Å². The van der Waals surface area contributed by atoms with Crippen molar-refractivity contribution in [1.82, 2.24) is 10.2 Å². The summed E-state index contributed by atoms with van der Waals surface area (Å²) in [6.45, 7) is 4.08. The molecule has 0 bridgehead atoms. The van der Waals surface area contributed by atoms with Crippen molar-refractivity contribution < 1.29 is 0 Å². The Labute approximate surface area is 137 Å². The van der Waals surface area contributed by atoms with Crippen LogP contribution in [0.5, 0.6) is 0 Å². The second-order valence-corrected chi connectivity index (χ2v) is 5.81. The van der Waals surface area contributed by atoms with Gasteiger partial charge in [-0.15, -0.1) is 0 Å². The highest BCUT2D eigenvalue weighted by atomic mass is 35.5. The predicted octanol–water partition coefficient (Wildman–Crippen LogP) is 3.34. The number of benzene rings is 2. The number of halogens is 1. The highest BCUT2D eigenvalue weighted by Gasteiger charge is 2.19. The molecular weight excluding hydrogens is 292 g/mol. The third-order valence-corrected chi connectivity index (χ3v) is 4.08. The first-order chi connectivity index (χ1) is 10.8. The van der Waals surface area contributed by atoms with Crippen molar-refractivity contribution in [2.45, 2.75) is 6.04 Å². The fourth-order valence-corrected chi connectivity index (χ4v) is 2.77. The van der Waals surface area contributed by atoms with E-state index < -0.39 is 0 Å². The summed E-state index contributed by atoms with van der Waals surface area (Å²) in [5.74, 6) is 6.74. The molecule has 1 saturated heterocycles. The van der Waals surface area contributed by atoms with Crippen molar-refractivity contribution in [3.63, 3.8) is 0 Å². The maximum atomic E-state index is 5.93. The van der Waals surface area contributed by atoms with Crippen LogP contribution < -0.4 is 5.32 Å². The van der Waals surface area contributed by atoms with Gasteiger partial charge in [0.1, 0.15) is 0 Å². The molecule has 0 aromatic heterocycles. The SMILES string of the molecule is Clc1ccc(C#CC(c2ccccc2)N2CCNCC2)cc1. The molecule has 112 valence electrons. The molecule has 3 heteroatoms. The number of hydrogen-bond donors (Lipinski definition) is 1. The smallest absolute Gasteiger partial charge is 0.0975 e. The van der Waals surface area contributed by atoms with Gasteiger partial charge in [0.25, 0.3) is 0 Å². The summed E-state index contributed by atoms with van der Waals surface area (Å²) in [7, 11) is 0. The molecule has 1 atom stereocenters. The zero-order chi connectivity index (χ0) is 15.2. The summed E-state index contributed by atoms with van der Waals surface area (Å²) in [6.07, 6.45) is 0. The van der Waals surface area contributed by atoms with Crippen molar-refractivity contribution >= 4 is 11.6 Å². The highest BCUT2D eigenvalue weighted by molar-refractivity contribution is 6.30. The Balaban J connectivity index is 1.87. The summed E-state index contributed by atoms with van der Waals surface area (Å²) >= 11 is 5.93. The molecule has 1 heterocycles. The van der Waals surface area contributed by atoms with Crippen LogP contribution in [-0.2, 0) is 0 Å². The van der Waals surface area contributed by atoms with Crippen molar-refractivity contribution in [3.05, 3.63) is 70.7 Å². The average molecular weight is 311 g/mol. The maximum absolute atomic E-state index is 5.93. The lowest BCUT2D eigenvalue weighted by molar-refractivity contribution is 0.209. The average Bonchev–Trinajstić information content (AvgIpc) is 2.59. The van der Waals surface area contributed by atoms with E-state index in [1.807, 2.05) is 30.3 Å². The van der Waals surface area contributed by atoms with Gasteiger partial charge in [0.15, 0.2) is 0 Å². The number of rotatable bonds is 2. The van der Waals surface area contributed by atoms with E-state index in [0.29, 0.717) is 0 Å². The molecule has 0 amide bonds. The first-order valence-corrected chi connectivity index (χ1v) is 7.97. The Morgan fingerprint density at radius 3 is 2.32 bits per heavy atom. The largest absolute Gasteiger partial charge is 0.314 e. The number of piperazine rings is 1. The van der Waals surface area contributed by atoms with Crippen LogP contribution in [-0.4, -0.2) is 31.1 Å². The van der Waals surface area contributed by atoms with Crippen molar-refractivity contribution in [2.75, 3.05) is 26.2 Å². The van der Waals surface area contributed by atoms with Crippen LogP contribution in [0.2, 0.25) is 5.02 Å².